The molecular weight excluding hydrogens is 356 g/mol. The topological polar surface area (TPSA) is 89.2 Å². The van der Waals surface area contributed by atoms with Crippen molar-refractivity contribution in [2.24, 2.45) is 12.5 Å². The number of aryl methyl sites for hydroxylation is 2. The summed E-state index contributed by atoms with van der Waals surface area (Å²) in [5.74, 6) is 1.39. The Hall–Kier alpha value is -2.58. The number of rotatable bonds is 5. The van der Waals surface area contributed by atoms with Crippen molar-refractivity contribution in [1.82, 2.24) is 24.7 Å². The molecule has 1 fully saturated rings. The molecule has 148 valence electrons. The Morgan fingerprint density at radius 2 is 2.04 bits per heavy atom. The average Bonchev–Trinajstić information content (AvgIpc) is 3.02. The van der Waals surface area contributed by atoms with Gasteiger partial charge in [0, 0.05) is 45.5 Å². The number of anilines is 1. The molecule has 8 nitrogen and oxygen atoms in total. The molecule has 0 aromatic carbocycles. The number of pyridine rings is 1. The van der Waals surface area contributed by atoms with Crippen molar-refractivity contribution in [1.29, 1.82) is 0 Å². The number of hydrogen-bond acceptors (Lipinski definition) is 7. The molecule has 8 heteroatoms. The lowest BCUT2D eigenvalue weighted by molar-refractivity contribution is -0.0113. The van der Waals surface area contributed by atoms with E-state index in [1.54, 1.807) is 10.9 Å². The number of aromatic nitrogens is 5. The zero-order valence-corrected chi connectivity index (χ0v) is 16.6. The smallest absolute Gasteiger partial charge is 0.182 e. The Morgan fingerprint density at radius 3 is 2.71 bits per heavy atom. The lowest BCUT2D eigenvalue weighted by atomic mass is 9.80. The highest BCUT2D eigenvalue weighted by atomic mass is 16.5. The first-order valence-corrected chi connectivity index (χ1v) is 9.55. The number of hydrogen-bond donors (Lipinski definition) is 1. The van der Waals surface area contributed by atoms with Crippen LogP contribution < -0.4 is 4.90 Å². The van der Waals surface area contributed by atoms with Crippen LogP contribution in [0.15, 0.2) is 24.4 Å². The summed E-state index contributed by atoms with van der Waals surface area (Å²) in [4.78, 5) is 16.1. The summed E-state index contributed by atoms with van der Waals surface area (Å²) >= 11 is 0. The van der Waals surface area contributed by atoms with Crippen molar-refractivity contribution in [3.05, 3.63) is 30.1 Å². The summed E-state index contributed by atoms with van der Waals surface area (Å²) in [6.07, 6.45) is 3.41. The summed E-state index contributed by atoms with van der Waals surface area (Å²) in [5.41, 5.74) is 2.20. The second kappa shape index (κ2) is 7.44. The van der Waals surface area contributed by atoms with Crippen LogP contribution in [-0.2, 0) is 11.8 Å². The van der Waals surface area contributed by atoms with Gasteiger partial charge >= 0.3 is 0 Å². The van der Waals surface area contributed by atoms with Gasteiger partial charge in [0.05, 0.1) is 17.7 Å². The third-order valence-electron chi connectivity index (χ3n) is 5.56. The predicted octanol–water partition coefficient (Wildman–Crippen LogP) is 1.96. The van der Waals surface area contributed by atoms with Gasteiger partial charge in [0.2, 0.25) is 0 Å². The molecule has 1 aliphatic heterocycles. The lowest BCUT2D eigenvalue weighted by Gasteiger charge is -2.39. The van der Waals surface area contributed by atoms with Crippen LogP contribution in [0.25, 0.3) is 22.6 Å². The lowest BCUT2D eigenvalue weighted by Crippen LogP contribution is -2.43. The highest BCUT2D eigenvalue weighted by Crippen LogP contribution is 2.34. The van der Waals surface area contributed by atoms with Crippen molar-refractivity contribution in [3.63, 3.8) is 0 Å². The Balaban J connectivity index is 1.80. The first-order valence-electron chi connectivity index (χ1n) is 9.55. The fourth-order valence-electron chi connectivity index (χ4n) is 3.95. The van der Waals surface area contributed by atoms with Gasteiger partial charge in [-0.15, -0.1) is 0 Å². The van der Waals surface area contributed by atoms with E-state index in [9.17, 15) is 5.11 Å². The van der Waals surface area contributed by atoms with Crippen molar-refractivity contribution >= 4 is 16.9 Å². The molecule has 1 saturated heterocycles. The van der Waals surface area contributed by atoms with Crippen LogP contribution in [0.4, 0.5) is 5.82 Å². The van der Waals surface area contributed by atoms with Crippen LogP contribution in [0.5, 0.6) is 0 Å². The van der Waals surface area contributed by atoms with E-state index < -0.39 is 0 Å². The van der Waals surface area contributed by atoms with Crippen molar-refractivity contribution < 1.29 is 9.84 Å². The Morgan fingerprint density at radius 1 is 1.25 bits per heavy atom. The van der Waals surface area contributed by atoms with Crippen molar-refractivity contribution in [2.75, 3.05) is 38.3 Å². The fraction of sp³-hybridized carbons (Fsp3) is 0.500. The number of nitrogens with zero attached hydrogens (tertiary/aromatic N) is 6. The maximum Gasteiger partial charge on any atom is 0.182 e. The van der Waals surface area contributed by atoms with E-state index in [4.69, 9.17) is 14.7 Å². The maximum absolute atomic E-state index is 10.1. The van der Waals surface area contributed by atoms with Gasteiger partial charge in [-0.05, 0) is 31.9 Å². The molecule has 1 aliphatic rings. The second-order valence-electron chi connectivity index (χ2n) is 7.62. The van der Waals surface area contributed by atoms with Crippen LogP contribution in [0.3, 0.4) is 0 Å². The number of ether oxygens (including phenoxy) is 1. The van der Waals surface area contributed by atoms with Gasteiger partial charge in [-0.2, -0.15) is 5.10 Å². The quantitative estimate of drug-likeness (QED) is 0.721. The summed E-state index contributed by atoms with van der Waals surface area (Å²) in [6, 6.07) is 5.71. The van der Waals surface area contributed by atoms with E-state index in [1.807, 2.05) is 39.2 Å². The third-order valence-corrected chi connectivity index (χ3v) is 5.56. The minimum Gasteiger partial charge on any atom is -0.396 e. The van der Waals surface area contributed by atoms with Crippen LogP contribution >= 0.6 is 0 Å². The molecule has 3 aromatic rings. The van der Waals surface area contributed by atoms with E-state index in [0.29, 0.717) is 25.6 Å². The average molecular weight is 382 g/mol. The molecule has 3 aromatic heterocycles. The van der Waals surface area contributed by atoms with Gasteiger partial charge in [0.25, 0.3) is 0 Å². The van der Waals surface area contributed by atoms with E-state index >= 15 is 0 Å². The molecule has 0 atom stereocenters. The molecule has 0 amide bonds. The zero-order chi connectivity index (χ0) is 19.7. The van der Waals surface area contributed by atoms with Gasteiger partial charge in [-0.25, -0.2) is 9.97 Å². The molecule has 0 unspecified atom stereocenters. The Labute approximate surface area is 164 Å². The van der Waals surface area contributed by atoms with Gasteiger partial charge < -0.3 is 14.7 Å². The van der Waals surface area contributed by atoms with Crippen molar-refractivity contribution in [2.45, 2.75) is 19.8 Å². The molecule has 0 spiro atoms. The molecule has 4 rings (SSSR count). The largest absolute Gasteiger partial charge is 0.396 e. The molecule has 1 N–H and O–H groups in total. The van der Waals surface area contributed by atoms with Crippen LogP contribution in [0.1, 0.15) is 18.5 Å². The maximum atomic E-state index is 10.1. The standard InChI is InChI=1S/C20H26N6O2/c1-14-16-18(25(2)12-20(13-27)7-10-28-11-8-20)22-17(15-6-4-5-9-21-15)23-19(16)26(3)24-14/h4-6,9,27H,7-8,10-13H2,1-3H3. The van der Waals surface area contributed by atoms with Gasteiger partial charge in [-0.3, -0.25) is 9.67 Å². The van der Waals surface area contributed by atoms with E-state index in [2.05, 4.69) is 15.0 Å². The van der Waals surface area contributed by atoms with Gasteiger partial charge in [-0.1, -0.05) is 6.07 Å². The third kappa shape index (κ3) is 3.33. The summed E-state index contributed by atoms with van der Waals surface area (Å²) in [5, 5.41) is 15.6. The molecule has 0 bridgehead atoms. The summed E-state index contributed by atoms with van der Waals surface area (Å²) in [7, 11) is 3.91. The fourth-order valence-corrected chi connectivity index (χ4v) is 3.95. The normalized spacial score (nSPS) is 16.4. The first kappa shape index (κ1) is 18.8. The number of fused-ring (bicyclic) bond motifs is 1. The zero-order valence-electron chi connectivity index (χ0n) is 16.6. The van der Waals surface area contributed by atoms with E-state index in [1.165, 1.54) is 0 Å². The Bertz CT molecular complexity index is 966. The molecule has 0 aliphatic carbocycles. The SMILES string of the molecule is Cc1nn(C)c2nc(-c3ccccn3)nc(N(C)CC3(CO)CCOCC3)c12. The number of aliphatic hydroxyl groups is 1. The molecule has 0 radical (unpaired) electrons. The van der Waals surface area contributed by atoms with Gasteiger partial charge in [0.15, 0.2) is 11.5 Å². The minimum absolute atomic E-state index is 0.133. The molecule has 28 heavy (non-hydrogen) atoms. The monoisotopic (exact) mass is 382 g/mol. The van der Waals surface area contributed by atoms with Crippen LogP contribution in [0.2, 0.25) is 0 Å². The summed E-state index contributed by atoms with van der Waals surface area (Å²) < 4.78 is 7.29. The molecule has 0 saturated carbocycles. The van der Waals surface area contributed by atoms with Crippen LogP contribution in [0, 0.1) is 12.3 Å². The predicted molar refractivity (Wildman–Crippen MR) is 107 cm³/mol. The van der Waals surface area contributed by atoms with Crippen LogP contribution in [-0.4, -0.2) is 63.3 Å². The Kier molecular flexibility index (Phi) is 4.99. The van der Waals surface area contributed by atoms with Gasteiger partial charge in [0.1, 0.15) is 11.5 Å². The highest BCUT2D eigenvalue weighted by Gasteiger charge is 2.34. The van der Waals surface area contributed by atoms with Crippen molar-refractivity contribution in [3.8, 4) is 11.5 Å². The highest BCUT2D eigenvalue weighted by molar-refractivity contribution is 5.91. The molecular formula is C20H26N6O2. The second-order valence-corrected chi connectivity index (χ2v) is 7.62. The number of aliphatic hydroxyl groups excluding tert-OH is 1. The molecule has 4 heterocycles. The first-order chi connectivity index (χ1) is 13.5. The van der Waals surface area contributed by atoms with E-state index in [-0.39, 0.29) is 12.0 Å². The van der Waals surface area contributed by atoms with E-state index in [0.717, 1.165) is 41.1 Å². The summed E-state index contributed by atoms with van der Waals surface area (Å²) in [6.45, 7) is 4.15. The minimum atomic E-state index is -0.189.